The quantitative estimate of drug-likeness (QED) is 0.276. The first-order chi connectivity index (χ1) is 13.5. The zero-order chi connectivity index (χ0) is 21.0. The average molecular weight is 497 g/mol. The zero-order valence-corrected chi connectivity index (χ0v) is 22.9. The summed E-state index contributed by atoms with van der Waals surface area (Å²) in [5.74, 6) is 1.18. The largest absolute Gasteiger partial charge is 1.00 e. The Morgan fingerprint density at radius 1 is 1.06 bits per heavy atom. The third-order valence-corrected chi connectivity index (χ3v) is 6.80. The Morgan fingerprint density at radius 2 is 1.61 bits per heavy atom. The second kappa shape index (κ2) is 10.6. The number of alkyl halides is 3. The van der Waals surface area contributed by atoms with Gasteiger partial charge in [-0.05, 0) is 79.5 Å². The molecular weight excluding hydrogens is 478 g/mol. The molecule has 4 saturated carbocycles. The number of hydrogen-bond donors (Lipinski definition) is 0. The molecule has 0 heterocycles. The number of ether oxygens (including phenoxy) is 1. The van der Waals surface area contributed by atoms with Crippen LogP contribution in [0, 0.1) is 23.7 Å². The van der Waals surface area contributed by atoms with Crippen LogP contribution in [0.3, 0.4) is 0 Å². The van der Waals surface area contributed by atoms with Crippen LogP contribution in [0.15, 0.2) is 23.8 Å². The molecular formula is C19H19ClF3Na2O5P. The predicted octanol–water partition coefficient (Wildman–Crippen LogP) is -1.70. The summed E-state index contributed by atoms with van der Waals surface area (Å²) in [4.78, 5) is 22.0. The molecule has 1 aromatic carbocycles. The summed E-state index contributed by atoms with van der Waals surface area (Å²) < 4.78 is 59.4. The molecule has 1 aromatic rings. The summed E-state index contributed by atoms with van der Waals surface area (Å²) in [5, 5.41) is -0.133. The van der Waals surface area contributed by atoms with E-state index >= 15 is 0 Å². The minimum absolute atomic E-state index is 0. The maximum Gasteiger partial charge on any atom is 1.00 e. The zero-order valence-electron chi connectivity index (χ0n) is 17.3. The summed E-state index contributed by atoms with van der Waals surface area (Å²) >= 11 is 5.90. The van der Waals surface area contributed by atoms with Crippen LogP contribution in [0.4, 0.5) is 13.2 Å². The Labute approximate surface area is 227 Å². The van der Waals surface area contributed by atoms with Crippen LogP contribution in [-0.4, -0.2) is 12.8 Å². The van der Waals surface area contributed by atoms with Crippen LogP contribution < -0.4 is 73.4 Å². The first kappa shape index (κ1) is 28.0. The minimum Gasteiger partial charge on any atom is -0.780 e. The van der Waals surface area contributed by atoms with E-state index in [0.29, 0.717) is 11.8 Å². The molecule has 0 radical (unpaired) electrons. The molecule has 4 aliphatic carbocycles. The molecule has 0 N–H and O–H groups in total. The molecule has 0 aromatic heterocycles. The summed E-state index contributed by atoms with van der Waals surface area (Å²) in [6.45, 7) is -1.46. The molecule has 0 aliphatic heterocycles. The standard InChI is InChI=1S/C19H21ClF3O5P.2Na/c20-15-2-1-12(8-16(15)28-29(24,25)26)18(27-9-19(21,22)23)17-13-4-10-3-11(6-13)7-14(17)5-10;;/h1-2,8,10-11,13-14H,3-7,9H2,(H2,24,25,26);;/q;2*+1/p-2. The molecule has 0 unspecified atom stereocenters. The molecule has 4 aliphatic rings. The Kier molecular flexibility index (Phi) is 9.58. The topological polar surface area (TPSA) is 81.7 Å². The molecule has 160 valence electrons. The monoisotopic (exact) mass is 496 g/mol. The summed E-state index contributed by atoms with van der Waals surface area (Å²) in [6.07, 6.45) is 0.357. The SMILES string of the molecule is O=P([O-])([O-])Oc1cc(C(OCC(F)(F)F)=C2C3CC4CC(C3)CC2C4)ccc1Cl.[Na+].[Na+]. The fourth-order valence-electron chi connectivity index (χ4n) is 5.39. The number of rotatable bonds is 5. The Bertz CT molecular complexity index is 860. The van der Waals surface area contributed by atoms with Crippen molar-refractivity contribution in [3.8, 4) is 5.75 Å². The Hall–Kier alpha value is 0.790. The van der Waals surface area contributed by atoms with Crippen molar-refractivity contribution in [2.24, 2.45) is 23.7 Å². The second-order valence-corrected chi connectivity index (χ2v) is 9.66. The van der Waals surface area contributed by atoms with E-state index in [9.17, 15) is 27.5 Å². The molecule has 0 spiro atoms. The molecule has 0 saturated heterocycles. The molecule has 4 bridgehead atoms. The van der Waals surface area contributed by atoms with E-state index in [4.69, 9.17) is 16.3 Å². The van der Waals surface area contributed by atoms with Gasteiger partial charge in [-0.2, -0.15) is 13.2 Å². The molecule has 0 atom stereocenters. The van der Waals surface area contributed by atoms with Gasteiger partial charge in [0.25, 0.3) is 0 Å². The number of benzene rings is 1. The predicted molar refractivity (Wildman–Crippen MR) is 95.7 cm³/mol. The van der Waals surface area contributed by atoms with Crippen LogP contribution in [0.5, 0.6) is 5.75 Å². The molecule has 12 heteroatoms. The maximum absolute atomic E-state index is 12.9. The molecule has 5 rings (SSSR count). The average Bonchev–Trinajstić information content (AvgIpc) is 2.56. The van der Waals surface area contributed by atoms with Crippen molar-refractivity contribution in [1.29, 1.82) is 0 Å². The van der Waals surface area contributed by atoms with Gasteiger partial charge in [0.2, 0.25) is 0 Å². The van der Waals surface area contributed by atoms with Crippen molar-refractivity contribution in [3.63, 3.8) is 0 Å². The van der Waals surface area contributed by atoms with E-state index in [-0.39, 0.29) is 87.3 Å². The Morgan fingerprint density at radius 3 is 2.10 bits per heavy atom. The summed E-state index contributed by atoms with van der Waals surface area (Å²) in [5.41, 5.74) is 1.09. The van der Waals surface area contributed by atoms with Crippen LogP contribution >= 0.6 is 19.4 Å². The number of halogens is 4. The number of hydrogen-bond acceptors (Lipinski definition) is 5. The first-order valence-corrected chi connectivity index (χ1v) is 11.3. The summed E-state index contributed by atoms with van der Waals surface area (Å²) in [6, 6.07) is 3.91. The van der Waals surface area contributed by atoms with Crippen molar-refractivity contribution in [2.45, 2.75) is 38.3 Å². The maximum atomic E-state index is 12.9. The van der Waals surface area contributed by atoms with Gasteiger partial charge in [0.05, 0.1) is 5.02 Å². The minimum atomic E-state index is -5.38. The van der Waals surface area contributed by atoms with Crippen molar-refractivity contribution in [2.75, 3.05) is 6.61 Å². The molecule has 0 amide bonds. The van der Waals surface area contributed by atoms with Crippen molar-refractivity contribution < 1.29 is 95.9 Å². The normalized spacial score (nSPS) is 26.7. The van der Waals surface area contributed by atoms with Crippen LogP contribution in [0.1, 0.15) is 37.7 Å². The number of phosphoric ester groups is 1. The van der Waals surface area contributed by atoms with Gasteiger partial charge >= 0.3 is 65.3 Å². The van der Waals surface area contributed by atoms with E-state index < -0.39 is 26.4 Å². The van der Waals surface area contributed by atoms with Gasteiger partial charge in [-0.25, -0.2) is 0 Å². The summed E-state index contributed by atoms with van der Waals surface area (Å²) in [7, 11) is -5.38. The van der Waals surface area contributed by atoms with Gasteiger partial charge in [0.1, 0.15) is 19.3 Å². The van der Waals surface area contributed by atoms with Gasteiger partial charge in [-0.1, -0.05) is 11.6 Å². The van der Waals surface area contributed by atoms with Gasteiger partial charge in [-0.3, -0.25) is 0 Å². The van der Waals surface area contributed by atoms with Gasteiger partial charge in [0.15, 0.2) is 6.61 Å². The van der Waals surface area contributed by atoms with Crippen LogP contribution in [-0.2, 0) is 9.30 Å². The van der Waals surface area contributed by atoms with Crippen LogP contribution in [0.25, 0.3) is 5.76 Å². The molecule has 31 heavy (non-hydrogen) atoms. The fourth-order valence-corrected chi connectivity index (χ4v) is 5.99. The number of allylic oxidation sites excluding steroid dienone is 1. The van der Waals surface area contributed by atoms with E-state index in [2.05, 4.69) is 4.52 Å². The van der Waals surface area contributed by atoms with Crippen molar-refractivity contribution >= 4 is 25.2 Å². The van der Waals surface area contributed by atoms with E-state index in [1.54, 1.807) is 0 Å². The fraction of sp³-hybridized carbons (Fsp3) is 0.579. The van der Waals surface area contributed by atoms with E-state index in [1.807, 2.05) is 0 Å². The van der Waals surface area contributed by atoms with E-state index in [0.717, 1.165) is 37.3 Å². The van der Waals surface area contributed by atoms with Gasteiger partial charge in [-0.15, -0.1) is 0 Å². The van der Waals surface area contributed by atoms with Crippen molar-refractivity contribution in [1.82, 2.24) is 0 Å². The molecule has 4 fully saturated rings. The van der Waals surface area contributed by atoms with Gasteiger partial charge < -0.3 is 23.6 Å². The van der Waals surface area contributed by atoms with E-state index in [1.165, 1.54) is 18.6 Å². The third kappa shape index (κ3) is 6.91. The first-order valence-electron chi connectivity index (χ1n) is 9.43. The number of phosphoric acid groups is 1. The van der Waals surface area contributed by atoms with Crippen molar-refractivity contribution in [3.05, 3.63) is 34.4 Å². The second-order valence-electron chi connectivity index (χ2n) is 8.18. The smallest absolute Gasteiger partial charge is 0.780 e. The van der Waals surface area contributed by atoms with Crippen LogP contribution in [0.2, 0.25) is 5.02 Å². The molecule has 5 nitrogen and oxygen atoms in total. The third-order valence-electron chi connectivity index (χ3n) is 6.06. The van der Waals surface area contributed by atoms with Gasteiger partial charge in [0, 0.05) is 5.56 Å². The Balaban J connectivity index is 0.00000171.